The number of benzene rings is 3. The van der Waals surface area contributed by atoms with Crippen molar-refractivity contribution in [2.24, 2.45) is 0 Å². The molecule has 0 aliphatic carbocycles. The van der Waals surface area contributed by atoms with Gasteiger partial charge in [0.25, 0.3) is 5.91 Å². The highest BCUT2D eigenvalue weighted by molar-refractivity contribution is 7.21. The Morgan fingerprint density at radius 2 is 1.74 bits per heavy atom. The number of carbonyl (C=O) groups is 1. The maximum Gasteiger partial charge on any atom is 0.262 e. The van der Waals surface area contributed by atoms with Crippen LogP contribution in [0.5, 0.6) is 5.75 Å². The van der Waals surface area contributed by atoms with E-state index >= 15 is 0 Å². The van der Waals surface area contributed by atoms with Gasteiger partial charge in [-0.1, -0.05) is 24.3 Å². The van der Waals surface area contributed by atoms with Crippen molar-refractivity contribution in [2.45, 2.75) is 0 Å². The van der Waals surface area contributed by atoms with Crippen LogP contribution >= 0.6 is 11.3 Å². The zero-order valence-corrected chi connectivity index (χ0v) is 15.0. The molecule has 0 radical (unpaired) electrons. The van der Waals surface area contributed by atoms with Gasteiger partial charge in [0.2, 0.25) is 0 Å². The summed E-state index contributed by atoms with van der Waals surface area (Å²) in [5, 5.41) is 3.42. The molecule has 0 aliphatic heterocycles. The van der Waals surface area contributed by atoms with Gasteiger partial charge >= 0.3 is 0 Å². The van der Waals surface area contributed by atoms with Crippen molar-refractivity contribution in [3.05, 3.63) is 78.6 Å². The van der Waals surface area contributed by atoms with Crippen LogP contribution in [-0.2, 0) is 4.79 Å². The smallest absolute Gasteiger partial charge is 0.262 e. The van der Waals surface area contributed by atoms with Crippen molar-refractivity contribution in [1.29, 1.82) is 0 Å². The van der Waals surface area contributed by atoms with Crippen molar-refractivity contribution >= 4 is 33.1 Å². The van der Waals surface area contributed by atoms with Crippen molar-refractivity contribution in [1.82, 2.24) is 4.98 Å². The molecule has 0 bridgehead atoms. The van der Waals surface area contributed by atoms with Crippen LogP contribution in [0.3, 0.4) is 0 Å². The van der Waals surface area contributed by atoms with Gasteiger partial charge in [-0.2, -0.15) is 0 Å². The minimum Gasteiger partial charge on any atom is -0.484 e. The van der Waals surface area contributed by atoms with E-state index in [4.69, 9.17) is 4.74 Å². The summed E-state index contributed by atoms with van der Waals surface area (Å²) in [7, 11) is 0. The standard InChI is InChI=1S/C21H15FN2O2S/c22-16-5-1-2-6-17(16)23-20(25)13-26-15-11-9-14(10-12-15)21-24-18-7-3-4-8-19(18)27-21/h1-12H,13H2,(H,23,25). The molecule has 3 aromatic carbocycles. The van der Waals surface area contributed by atoms with Crippen molar-refractivity contribution < 1.29 is 13.9 Å². The highest BCUT2D eigenvalue weighted by atomic mass is 32.1. The number of thiazole rings is 1. The van der Waals surface area contributed by atoms with Crippen molar-refractivity contribution in [2.75, 3.05) is 11.9 Å². The first-order chi connectivity index (χ1) is 13.2. The normalized spacial score (nSPS) is 10.7. The average Bonchev–Trinajstić information content (AvgIpc) is 3.13. The molecule has 4 rings (SSSR count). The third kappa shape index (κ3) is 3.96. The van der Waals surface area contributed by atoms with E-state index in [2.05, 4.69) is 10.3 Å². The highest BCUT2D eigenvalue weighted by Gasteiger charge is 2.09. The number of fused-ring (bicyclic) bond motifs is 1. The fourth-order valence-electron chi connectivity index (χ4n) is 2.59. The number of aromatic nitrogens is 1. The minimum absolute atomic E-state index is 0.136. The summed E-state index contributed by atoms with van der Waals surface area (Å²) in [5.41, 5.74) is 2.10. The Morgan fingerprint density at radius 3 is 2.52 bits per heavy atom. The summed E-state index contributed by atoms with van der Waals surface area (Å²) in [6.07, 6.45) is 0. The molecular formula is C21H15FN2O2S. The third-order valence-corrected chi connectivity index (χ3v) is 5.00. The Bertz CT molecular complexity index is 1060. The zero-order valence-electron chi connectivity index (χ0n) is 14.2. The van der Waals surface area contributed by atoms with Gasteiger partial charge in [-0.3, -0.25) is 4.79 Å². The number of carbonyl (C=O) groups excluding carboxylic acids is 1. The molecule has 0 saturated heterocycles. The molecule has 0 fully saturated rings. The second kappa shape index (κ2) is 7.55. The summed E-state index contributed by atoms with van der Waals surface area (Å²) in [6, 6.07) is 21.4. The van der Waals surface area contributed by atoms with Crippen LogP contribution in [0.25, 0.3) is 20.8 Å². The number of ether oxygens (including phenoxy) is 1. The molecule has 0 aliphatic rings. The third-order valence-electron chi connectivity index (χ3n) is 3.91. The van der Waals surface area contributed by atoms with Crippen molar-refractivity contribution in [3.8, 4) is 16.3 Å². The number of nitrogens with zero attached hydrogens (tertiary/aromatic N) is 1. The molecule has 27 heavy (non-hydrogen) atoms. The number of anilines is 1. The molecule has 134 valence electrons. The van der Waals surface area contributed by atoms with Crippen LogP contribution < -0.4 is 10.1 Å². The van der Waals surface area contributed by atoms with Crippen LogP contribution in [0.1, 0.15) is 0 Å². The topological polar surface area (TPSA) is 51.2 Å². The molecule has 0 saturated carbocycles. The van der Waals surface area contributed by atoms with E-state index in [9.17, 15) is 9.18 Å². The summed E-state index contributed by atoms with van der Waals surface area (Å²) >= 11 is 1.63. The number of para-hydroxylation sites is 2. The lowest BCUT2D eigenvalue weighted by Gasteiger charge is -2.08. The Labute approximate surface area is 159 Å². The van der Waals surface area contributed by atoms with E-state index in [-0.39, 0.29) is 12.3 Å². The fraction of sp³-hybridized carbons (Fsp3) is 0.0476. The molecule has 4 nitrogen and oxygen atoms in total. The summed E-state index contributed by atoms with van der Waals surface area (Å²) in [5.74, 6) is -0.343. The molecule has 1 N–H and O–H groups in total. The summed E-state index contributed by atoms with van der Waals surface area (Å²) in [4.78, 5) is 16.5. The predicted molar refractivity (Wildman–Crippen MR) is 106 cm³/mol. The van der Waals surface area contributed by atoms with Gasteiger partial charge in [-0.15, -0.1) is 11.3 Å². The van der Waals surface area contributed by atoms with Crippen LogP contribution in [-0.4, -0.2) is 17.5 Å². The first kappa shape index (κ1) is 17.2. The summed E-state index contributed by atoms with van der Waals surface area (Å²) < 4.78 is 20.2. The Kier molecular flexibility index (Phi) is 4.80. The Morgan fingerprint density at radius 1 is 1.00 bits per heavy atom. The molecule has 0 spiro atoms. The van der Waals surface area contributed by atoms with E-state index in [1.54, 1.807) is 35.6 Å². The number of rotatable bonds is 5. The number of hydrogen-bond donors (Lipinski definition) is 1. The van der Waals surface area contributed by atoms with Crippen LogP contribution in [0.2, 0.25) is 0 Å². The minimum atomic E-state index is -0.481. The quantitative estimate of drug-likeness (QED) is 0.524. The maximum atomic E-state index is 13.5. The first-order valence-corrected chi connectivity index (χ1v) is 9.14. The monoisotopic (exact) mass is 378 g/mol. The van der Waals surface area contributed by atoms with E-state index in [0.717, 1.165) is 20.8 Å². The second-order valence-electron chi connectivity index (χ2n) is 5.83. The summed E-state index contributed by atoms with van der Waals surface area (Å²) in [6.45, 7) is -0.200. The lowest BCUT2D eigenvalue weighted by atomic mass is 10.2. The van der Waals surface area contributed by atoms with Gasteiger partial charge in [-0.05, 0) is 48.5 Å². The van der Waals surface area contributed by atoms with Crippen LogP contribution in [0.15, 0.2) is 72.8 Å². The fourth-order valence-corrected chi connectivity index (χ4v) is 3.56. The van der Waals surface area contributed by atoms with Crippen LogP contribution in [0, 0.1) is 5.82 Å². The number of hydrogen-bond acceptors (Lipinski definition) is 4. The van der Waals surface area contributed by atoms with E-state index in [1.807, 2.05) is 36.4 Å². The van der Waals surface area contributed by atoms with Gasteiger partial charge in [0, 0.05) is 5.56 Å². The first-order valence-electron chi connectivity index (χ1n) is 8.32. The molecule has 4 aromatic rings. The van der Waals surface area contributed by atoms with E-state index in [1.165, 1.54) is 12.1 Å². The van der Waals surface area contributed by atoms with Gasteiger partial charge < -0.3 is 10.1 Å². The Balaban J connectivity index is 1.39. The predicted octanol–water partition coefficient (Wildman–Crippen LogP) is 5.12. The van der Waals surface area contributed by atoms with Gasteiger partial charge in [0.05, 0.1) is 15.9 Å². The number of nitrogens with one attached hydrogen (secondary N) is 1. The highest BCUT2D eigenvalue weighted by Crippen LogP contribution is 2.30. The van der Waals surface area contributed by atoms with Gasteiger partial charge in [0.15, 0.2) is 6.61 Å². The van der Waals surface area contributed by atoms with Crippen LogP contribution in [0.4, 0.5) is 10.1 Å². The SMILES string of the molecule is O=C(COc1ccc(-c2nc3ccccc3s2)cc1)Nc1ccccc1F. The second-order valence-corrected chi connectivity index (χ2v) is 6.86. The van der Waals surface area contributed by atoms with Crippen molar-refractivity contribution in [3.63, 3.8) is 0 Å². The number of amides is 1. The molecule has 6 heteroatoms. The molecule has 1 amide bonds. The molecule has 0 atom stereocenters. The lowest BCUT2D eigenvalue weighted by Crippen LogP contribution is -2.20. The molecule has 0 unspecified atom stereocenters. The average molecular weight is 378 g/mol. The van der Waals surface area contributed by atoms with Gasteiger partial charge in [-0.25, -0.2) is 9.37 Å². The number of halogens is 1. The molecule has 1 aromatic heterocycles. The zero-order chi connectivity index (χ0) is 18.6. The van der Waals surface area contributed by atoms with E-state index in [0.29, 0.717) is 5.75 Å². The maximum absolute atomic E-state index is 13.5. The largest absolute Gasteiger partial charge is 0.484 e. The Hall–Kier alpha value is -3.25. The van der Waals surface area contributed by atoms with Gasteiger partial charge in [0.1, 0.15) is 16.6 Å². The molecule has 1 heterocycles. The van der Waals surface area contributed by atoms with E-state index < -0.39 is 11.7 Å². The molecular weight excluding hydrogens is 363 g/mol. The lowest BCUT2D eigenvalue weighted by molar-refractivity contribution is -0.118.